The van der Waals surface area contributed by atoms with Crippen LogP contribution in [0.4, 0.5) is 0 Å². The Bertz CT molecular complexity index is 125. The molecule has 0 radical (unpaired) electrons. The van der Waals surface area contributed by atoms with Gasteiger partial charge in [0, 0.05) is 5.71 Å². The van der Waals surface area contributed by atoms with Gasteiger partial charge in [-0.05, 0) is 18.1 Å². The van der Waals surface area contributed by atoms with Crippen LogP contribution in [-0.4, -0.2) is 5.71 Å². The summed E-state index contributed by atoms with van der Waals surface area (Å²) in [5.41, 5.74) is 0.934. The molecule has 0 heterocycles. The van der Waals surface area contributed by atoms with E-state index >= 15 is 0 Å². The Hall–Kier alpha value is -0.930. The summed E-state index contributed by atoms with van der Waals surface area (Å²) >= 11 is 0. The average Bonchev–Trinajstić information content (AvgIpc) is 1.82. The van der Waals surface area contributed by atoms with Crippen molar-refractivity contribution < 1.29 is 0 Å². The van der Waals surface area contributed by atoms with Crippen LogP contribution < -0.4 is 5.84 Å². The van der Waals surface area contributed by atoms with Gasteiger partial charge in [0.25, 0.3) is 0 Å². The Morgan fingerprint density at radius 2 is 2.00 bits per heavy atom. The van der Waals surface area contributed by atoms with Gasteiger partial charge in [-0.3, -0.25) is 0 Å². The third-order valence-corrected chi connectivity index (χ3v) is 1.09. The van der Waals surface area contributed by atoms with E-state index in [1.165, 1.54) is 0 Å². The Morgan fingerprint density at radius 3 is 2.33 bits per heavy atom. The summed E-state index contributed by atoms with van der Waals surface area (Å²) in [6, 6.07) is 0. The molecule has 0 aliphatic carbocycles. The summed E-state index contributed by atoms with van der Waals surface area (Å²) in [5, 5.41) is 9.97. The zero-order chi connectivity index (χ0) is 7.28. The predicted octanol–water partition coefficient (Wildman–Crippen LogP) is 1.34. The number of nitrogens with zero attached hydrogens (tertiary/aromatic N) is 3. The molecule has 0 fully saturated rings. The van der Waals surface area contributed by atoms with Crippen molar-refractivity contribution in [3.05, 3.63) is 0 Å². The molecule has 0 aromatic heterocycles. The standard InChI is InChI=1S/C5H12N4/c1-4(2)5(3)7-9-8-6/h4H,1-3H3,(H2,6,9)/b7-5-. The summed E-state index contributed by atoms with van der Waals surface area (Å²) in [4.78, 5) is 0. The predicted molar refractivity (Wildman–Crippen MR) is 37.0 cm³/mol. The lowest BCUT2D eigenvalue weighted by molar-refractivity contribution is 0.851. The van der Waals surface area contributed by atoms with Crippen LogP contribution in [-0.2, 0) is 0 Å². The summed E-state index contributed by atoms with van der Waals surface area (Å²) < 4.78 is 0. The molecule has 0 saturated carbocycles. The third-order valence-electron chi connectivity index (χ3n) is 1.09. The smallest absolute Gasteiger partial charge is 0.0419 e. The number of nitrogens with two attached hydrogens (primary N) is 1. The minimum atomic E-state index is 0.412. The van der Waals surface area contributed by atoms with E-state index in [4.69, 9.17) is 5.84 Å². The van der Waals surface area contributed by atoms with Crippen molar-refractivity contribution in [2.24, 2.45) is 27.3 Å². The van der Waals surface area contributed by atoms with Gasteiger partial charge in [-0.25, -0.2) is 0 Å². The van der Waals surface area contributed by atoms with Crippen molar-refractivity contribution in [3.63, 3.8) is 0 Å². The molecule has 2 N–H and O–H groups in total. The Morgan fingerprint density at radius 1 is 1.44 bits per heavy atom. The van der Waals surface area contributed by atoms with Gasteiger partial charge in [-0.2, -0.15) is 0 Å². The lowest BCUT2D eigenvalue weighted by atomic mass is 10.1. The molecule has 0 amide bonds. The Balaban J connectivity index is 3.84. The summed E-state index contributed by atoms with van der Waals surface area (Å²) in [6.45, 7) is 5.95. The molecule has 0 spiro atoms. The first-order valence-electron chi connectivity index (χ1n) is 2.83. The minimum absolute atomic E-state index is 0.412. The van der Waals surface area contributed by atoms with Crippen LogP contribution in [0.1, 0.15) is 20.8 Å². The van der Waals surface area contributed by atoms with Crippen LogP contribution >= 0.6 is 0 Å². The average molecular weight is 128 g/mol. The Kier molecular flexibility index (Phi) is 3.59. The van der Waals surface area contributed by atoms with Crippen molar-refractivity contribution >= 4 is 5.71 Å². The largest absolute Gasteiger partial charge is 0.303 e. The van der Waals surface area contributed by atoms with Gasteiger partial charge in [0.15, 0.2) is 0 Å². The van der Waals surface area contributed by atoms with Crippen LogP contribution in [0.5, 0.6) is 0 Å². The van der Waals surface area contributed by atoms with Gasteiger partial charge in [0.2, 0.25) is 0 Å². The summed E-state index contributed by atoms with van der Waals surface area (Å²) in [6.07, 6.45) is 0. The zero-order valence-electron chi connectivity index (χ0n) is 6.00. The third kappa shape index (κ3) is 3.64. The van der Waals surface area contributed by atoms with Gasteiger partial charge in [-0.15, -0.1) is 5.10 Å². The minimum Gasteiger partial charge on any atom is -0.303 e. The normalized spacial score (nSPS) is 13.6. The maximum Gasteiger partial charge on any atom is 0.0419 e. The van der Waals surface area contributed by atoms with Crippen LogP contribution in [0.25, 0.3) is 0 Å². The highest BCUT2D eigenvalue weighted by Gasteiger charge is 1.95. The first-order chi connectivity index (χ1) is 4.18. The maximum atomic E-state index is 4.73. The second-order valence-corrected chi connectivity index (χ2v) is 2.10. The molecule has 0 saturated heterocycles. The number of hydrogen-bond donors (Lipinski definition) is 1. The molecule has 0 rings (SSSR count). The van der Waals surface area contributed by atoms with Crippen LogP contribution in [0, 0.1) is 5.92 Å². The highest BCUT2D eigenvalue weighted by atomic mass is 15.5. The number of rotatable bonds is 2. The summed E-state index contributed by atoms with van der Waals surface area (Å²) in [5.74, 6) is 5.14. The molecule has 0 bridgehead atoms. The molecule has 0 aliphatic rings. The molecule has 0 aromatic rings. The fourth-order valence-corrected chi connectivity index (χ4v) is 0.212. The van der Waals surface area contributed by atoms with Crippen molar-refractivity contribution in [1.29, 1.82) is 0 Å². The monoisotopic (exact) mass is 128 g/mol. The van der Waals surface area contributed by atoms with E-state index in [-0.39, 0.29) is 0 Å². The summed E-state index contributed by atoms with van der Waals surface area (Å²) in [7, 11) is 0. The van der Waals surface area contributed by atoms with E-state index in [0.717, 1.165) is 5.71 Å². The van der Waals surface area contributed by atoms with Gasteiger partial charge >= 0.3 is 0 Å². The van der Waals surface area contributed by atoms with Crippen molar-refractivity contribution in [3.8, 4) is 0 Å². The molecule has 52 valence electrons. The molecule has 0 unspecified atom stereocenters. The van der Waals surface area contributed by atoms with Crippen molar-refractivity contribution in [2.45, 2.75) is 20.8 Å². The molecule has 0 aliphatic heterocycles. The topological polar surface area (TPSA) is 63.1 Å². The van der Waals surface area contributed by atoms with E-state index < -0.39 is 0 Å². The number of hydrogen-bond acceptors (Lipinski definition) is 2. The second-order valence-electron chi connectivity index (χ2n) is 2.10. The van der Waals surface area contributed by atoms with Gasteiger partial charge in [0.05, 0.1) is 0 Å². The maximum absolute atomic E-state index is 4.73. The van der Waals surface area contributed by atoms with Gasteiger partial charge in [0.1, 0.15) is 0 Å². The SMILES string of the molecule is C/C(=N/N=N\N)C(C)C. The molecular formula is C5H12N4. The zero-order valence-corrected chi connectivity index (χ0v) is 6.00. The van der Waals surface area contributed by atoms with Crippen LogP contribution in [0.15, 0.2) is 15.5 Å². The van der Waals surface area contributed by atoms with E-state index in [1.54, 1.807) is 0 Å². The Labute approximate surface area is 54.8 Å². The molecule has 4 nitrogen and oxygen atoms in total. The molecule has 9 heavy (non-hydrogen) atoms. The first kappa shape index (κ1) is 8.07. The van der Waals surface area contributed by atoms with Crippen molar-refractivity contribution in [1.82, 2.24) is 0 Å². The molecule has 0 aromatic carbocycles. The fourth-order valence-electron chi connectivity index (χ4n) is 0.212. The fraction of sp³-hybridized carbons (Fsp3) is 0.800. The van der Waals surface area contributed by atoms with E-state index in [0.29, 0.717) is 5.92 Å². The van der Waals surface area contributed by atoms with Crippen molar-refractivity contribution in [2.75, 3.05) is 0 Å². The van der Waals surface area contributed by atoms with Gasteiger partial charge in [-0.1, -0.05) is 19.1 Å². The van der Waals surface area contributed by atoms with Crippen LogP contribution in [0.3, 0.4) is 0 Å². The van der Waals surface area contributed by atoms with Crippen LogP contribution in [0.2, 0.25) is 0 Å². The van der Waals surface area contributed by atoms with E-state index in [1.807, 2.05) is 20.8 Å². The highest BCUT2D eigenvalue weighted by Crippen LogP contribution is 1.95. The molecular weight excluding hydrogens is 116 g/mol. The van der Waals surface area contributed by atoms with E-state index in [9.17, 15) is 0 Å². The molecule has 0 atom stereocenters. The highest BCUT2D eigenvalue weighted by molar-refractivity contribution is 5.83. The van der Waals surface area contributed by atoms with Gasteiger partial charge < -0.3 is 5.84 Å². The lowest BCUT2D eigenvalue weighted by Crippen LogP contribution is -2.00. The molecule has 4 heteroatoms. The quantitative estimate of drug-likeness (QED) is 0.259. The lowest BCUT2D eigenvalue weighted by Gasteiger charge is -1.97. The van der Waals surface area contributed by atoms with E-state index in [2.05, 4.69) is 15.5 Å². The second kappa shape index (κ2) is 4.00. The first-order valence-corrected chi connectivity index (χ1v) is 2.83.